The summed E-state index contributed by atoms with van der Waals surface area (Å²) in [6.45, 7) is 2.06. The van der Waals surface area contributed by atoms with Crippen molar-refractivity contribution < 1.29 is 23.5 Å². The number of ether oxygens (including phenoxy) is 2. The molecule has 1 aliphatic carbocycles. The van der Waals surface area contributed by atoms with E-state index in [0.717, 1.165) is 46.0 Å². The van der Waals surface area contributed by atoms with E-state index in [1.54, 1.807) is 44.4 Å². The molecule has 2 aromatic heterocycles. The summed E-state index contributed by atoms with van der Waals surface area (Å²) >= 11 is 4.95. The molecule has 0 fully saturated rings. The first-order chi connectivity index (χ1) is 18.0. The standard InChI is InChI=1S/C28H25BrN2O5S/c1-3-35-28(33)24-20-6-4-5-7-23(20)37-27(24)31-26-21(15-16-14-17(29)8-13-22(16)36-26)25(32)30-18-9-11-19(34-2)12-10-18/h8-15H,3-7H2,1-2H3,(H,30,32)/b31-26-. The number of aryl methyl sites for hydroxylation is 1. The molecule has 0 aliphatic heterocycles. The lowest BCUT2D eigenvalue weighted by atomic mass is 9.95. The van der Waals surface area contributed by atoms with Crippen LogP contribution in [0, 0.1) is 0 Å². The summed E-state index contributed by atoms with van der Waals surface area (Å²) in [4.78, 5) is 32.3. The highest BCUT2D eigenvalue weighted by Crippen LogP contribution is 2.40. The van der Waals surface area contributed by atoms with Crippen molar-refractivity contribution >= 4 is 60.8 Å². The van der Waals surface area contributed by atoms with Crippen LogP contribution in [0.4, 0.5) is 10.7 Å². The Morgan fingerprint density at radius 3 is 2.65 bits per heavy atom. The third-order valence-electron chi connectivity index (χ3n) is 6.14. The van der Waals surface area contributed by atoms with Crippen molar-refractivity contribution in [3.8, 4) is 5.75 Å². The van der Waals surface area contributed by atoms with E-state index in [2.05, 4.69) is 21.2 Å². The van der Waals surface area contributed by atoms with Gasteiger partial charge in [-0.15, -0.1) is 11.3 Å². The van der Waals surface area contributed by atoms with E-state index in [0.29, 0.717) is 27.6 Å². The lowest BCUT2D eigenvalue weighted by Gasteiger charge is -2.11. The van der Waals surface area contributed by atoms with Crippen molar-refractivity contribution in [2.45, 2.75) is 32.6 Å². The van der Waals surface area contributed by atoms with Crippen LogP contribution in [0.5, 0.6) is 5.75 Å². The number of thiophene rings is 1. The van der Waals surface area contributed by atoms with E-state index in [4.69, 9.17) is 18.9 Å². The minimum absolute atomic E-state index is 0.130. The number of rotatable bonds is 6. The smallest absolute Gasteiger partial charge is 0.341 e. The Kier molecular flexibility index (Phi) is 7.43. The van der Waals surface area contributed by atoms with Crippen LogP contribution in [0.3, 0.4) is 0 Å². The number of nitrogens with zero attached hydrogens (tertiary/aromatic N) is 1. The lowest BCUT2D eigenvalue weighted by molar-refractivity contribution is 0.0526. The van der Waals surface area contributed by atoms with Gasteiger partial charge in [0.15, 0.2) is 0 Å². The Labute approximate surface area is 226 Å². The number of methoxy groups -OCH3 is 1. The molecule has 0 bridgehead atoms. The second-order valence-electron chi connectivity index (χ2n) is 8.55. The number of nitrogens with one attached hydrogen (secondary N) is 1. The van der Waals surface area contributed by atoms with Gasteiger partial charge in [0.2, 0.25) is 5.55 Å². The second-order valence-corrected chi connectivity index (χ2v) is 10.6. The zero-order valence-electron chi connectivity index (χ0n) is 20.4. The molecule has 1 amide bonds. The lowest BCUT2D eigenvalue weighted by Crippen LogP contribution is -2.21. The fourth-order valence-corrected chi connectivity index (χ4v) is 5.98. The fraction of sp³-hybridized carbons (Fsp3) is 0.250. The molecule has 0 radical (unpaired) electrons. The molecule has 0 spiro atoms. The van der Waals surface area contributed by atoms with E-state index < -0.39 is 5.97 Å². The number of carbonyl (C=O) groups is 2. The third kappa shape index (κ3) is 5.33. The van der Waals surface area contributed by atoms with Crippen LogP contribution in [0.25, 0.3) is 11.0 Å². The van der Waals surface area contributed by atoms with Crippen LogP contribution in [0.15, 0.2) is 62.4 Å². The number of anilines is 1. The maximum atomic E-state index is 13.5. The zero-order chi connectivity index (χ0) is 25.9. The van der Waals surface area contributed by atoms with Gasteiger partial charge in [0.1, 0.15) is 21.9 Å². The maximum absolute atomic E-state index is 13.5. The van der Waals surface area contributed by atoms with Gasteiger partial charge in [-0.2, -0.15) is 0 Å². The summed E-state index contributed by atoms with van der Waals surface area (Å²) < 4.78 is 17.6. The summed E-state index contributed by atoms with van der Waals surface area (Å²) in [7, 11) is 1.59. The first kappa shape index (κ1) is 25.2. The van der Waals surface area contributed by atoms with Gasteiger partial charge in [0.05, 0.1) is 19.3 Å². The largest absolute Gasteiger partial charge is 0.497 e. The Morgan fingerprint density at radius 1 is 1.11 bits per heavy atom. The van der Waals surface area contributed by atoms with Gasteiger partial charge in [-0.3, -0.25) is 4.79 Å². The summed E-state index contributed by atoms with van der Waals surface area (Å²) in [6, 6.07) is 14.4. The van der Waals surface area contributed by atoms with Crippen LogP contribution in [-0.4, -0.2) is 25.6 Å². The molecule has 0 atom stereocenters. The topological polar surface area (TPSA) is 90.1 Å². The van der Waals surface area contributed by atoms with Gasteiger partial charge in [-0.05, 0) is 86.7 Å². The van der Waals surface area contributed by atoms with Crippen LogP contribution in [0.1, 0.15) is 50.9 Å². The Hall–Kier alpha value is -3.43. The number of carbonyl (C=O) groups excluding carboxylic acids is 2. The van der Waals surface area contributed by atoms with E-state index in [1.165, 1.54) is 11.3 Å². The molecular weight excluding hydrogens is 556 g/mol. The first-order valence-corrected chi connectivity index (χ1v) is 13.6. The molecule has 2 aromatic carbocycles. The van der Waals surface area contributed by atoms with Crippen LogP contribution in [0.2, 0.25) is 0 Å². The van der Waals surface area contributed by atoms with Gasteiger partial charge in [-0.1, -0.05) is 15.9 Å². The molecule has 0 saturated carbocycles. The molecule has 0 unspecified atom stereocenters. The molecule has 190 valence electrons. The molecule has 1 aliphatic rings. The number of fused-ring (bicyclic) bond motifs is 2. The Balaban J connectivity index is 1.66. The molecule has 1 N–H and O–H groups in total. The first-order valence-electron chi connectivity index (χ1n) is 12.0. The van der Waals surface area contributed by atoms with Crippen molar-refractivity contribution in [2.75, 3.05) is 19.0 Å². The molecule has 0 saturated heterocycles. The van der Waals surface area contributed by atoms with Crippen molar-refractivity contribution in [3.05, 3.63) is 80.1 Å². The summed E-state index contributed by atoms with van der Waals surface area (Å²) in [5, 5.41) is 4.15. The molecule has 2 heterocycles. The highest BCUT2D eigenvalue weighted by Gasteiger charge is 2.27. The van der Waals surface area contributed by atoms with Crippen molar-refractivity contribution in [1.29, 1.82) is 0 Å². The number of amides is 1. The summed E-state index contributed by atoms with van der Waals surface area (Å²) in [5.41, 5.74) is 3.04. The van der Waals surface area contributed by atoms with Crippen LogP contribution in [-0.2, 0) is 17.6 Å². The van der Waals surface area contributed by atoms with Crippen molar-refractivity contribution in [1.82, 2.24) is 0 Å². The molecule has 5 rings (SSSR count). The minimum Gasteiger partial charge on any atom is -0.497 e. The Morgan fingerprint density at radius 2 is 1.89 bits per heavy atom. The quantitative estimate of drug-likeness (QED) is 0.253. The average Bonchev–Trinajstić information content (AvgIpc) is 3.27. The predicted molar refractivity (Wildman–Crippen MR) is 147 cm³/mol. The van der Waals surface area contributed by atoms with E-state index >= 15 is 0 Å². The molecular formula is C28H25BrN2O5S. The van der Waals surface area contributed by atoms with Crippen LogP contribution >= 0.6 is 27.3 Å². The van der Waals surface area contributed by atoms with E-state index in [-0.39, 0.29) is 23.6 Å². The summed E-state index contributed by atoms with van der Waals surface area (Å²) in [6.07, 6.45) is 3.79. The highest BCUT2D eigenvalue weighted by molar-refractivity contribution is 9.10. The SMILES string of the molecule is CCOC(=O)c1c(/N=c2\oc3ccc(Br)cc3cc2C(=O)Nc2ccc(OC)cc2)sc2c1CCCC2. The zero-order valence-corrected chi connectivity index (χ0v) is 22.8. The average molecular weight is 581 g/mol. The molecule has 9 heteroatoms. The van der Waals surface area contributed by atoms with Crippen molar-refractivity contribution in [3.63, 3.8) is 0 Å². The number of hydrogen-bond acceptors (Lipinski definition) is 7. The fourth-order valence-electron chi connectivity index (χ4n) is 4.36. The number of esters is 1. The minimum atomic E-state index is -0.394. The summed E-state index contributed by atoms with van der Waals surface area (Å²) in [5.74, 6) is -0.0875. The normalized spacial score (nSPS) is 13.3. The Bertz CT molecular complexity index is 1560. The number of hydrogen-bond donors (Lipinski definition) is 1. The monoisotopic (exact) mass is 580 g/mol. The van der Waals surface area contributed by atoms with E-state index in [1.807, 2.05) is 18.2 Å². The molecule has 37 heavy (non-hydrogen) atoms. The van der Waals surface area contributed by atoms with Gasteiger partial charge < -0.3 is 19.2 Å². The van der Waals surface area contributed by atoms with Gasteiger partial charge >= 0.3 is 5.97 Å². The van der Waals surface area contributed by atoms with Gasteiger partial charge in [0, 0.05) is 20.4 Å². The van der Waals surface area contributed by atoms with E-state index in [9.17, 15) is 9.59 Å². The maximum Gasteiger partial charge on any atom is 0.341 e. The molecule has 4 aromatic rings. The van der Waals surface area contributed by atoms with Crippen LogP contribution < -0.4 is 15.6 Å². The molecule has 7 nitrogen and oxygen atoms in total. The second kappa shape index (κ2) is 10.9. The van der Waals surface area contributed by atoms with Gasteiger partial charge in [-0.25, -0.2) is 9.79 Å². The number of benzene rings is 2. The van der Waals surface area contributed by atoms with Crippen molar-refractivity contribution in [2.24, 2.45) is 4.99 Å². The predicted octanol–water partition coefficient (Wildman–Crippen LogP) is 6.81. The third-order valence-corrected chi connectivity index (χ3v) is 7.82. The number of halogens is 1. The van der Waals surface area contributed by atoms with Gasteiger partial charge in [0.25, 0.3) is 5.91 Å². The highest BCUT2D eigenvalue weighted by atomic mass is 79.9.